The normalized spacial score (nSPS) is 10.8. The standard InChI is InChI=1S/C17H12N4O3S2/c22-14(10-25-17-18-12-8-4-5-9-13(12)26-17)19-15-16(21-24-20-15)23-11-6-2-1-3-7-11/h1-9H,10H2,(H,19,20,22). The minimum absolute atomic E-state index is 0.106. The highest BCUT2D eigenvalue weighted by molar-refractivity contribution is 8.01. The van der Waals surface area contributed by atoms with Gasteiger partial charge in [-0.2, -0.15) is 0 Å². The number of rotatable bonds is 6. The molecule has 1 amide bonds. The van der Waals surface area contributed by atoms with Crippen molar-refractivity contribution in [2.75, 3.05) is 11.1 Å². The van der Waals surface area contributed by atoms with Crippen molar-refractivity contribution in [1.29, 1.82) is 0 Å². The van der Waals surface area contributed by atoms with Crippen LogP contribution in [0.5, 0.6) is 11.6 Å². The number of fused-ring (bicyclic) bond motifs is 1. The molecule has 130 valence electrons. The Morgan fingerprint density at radius 1 is 1.12 bits per heavy atom. The summed E-state index contributed by atoms with van der Waals surface area (Å²) in [6, 6.07) is 16.9. The van der Waals surface area contributed by atoms with Crippen LogP contribution < -0.4 is 10.1 Å². The van der Waals surface area contributed by atoms with Gasteiger partial charge in [-0.25, -0.2) is 9.61 Å². The summed E-state index contributed by atoms with van der Waals surface area (Å²) in [6.07, 6.45) is 0. The lowest BCUT2D eigenvalue weighted by atomic mass is 10.3. The van der Waals surface area contributed by atoms with Gasteiger partial charge in [0.15, 0.2) is 4.34 Å². The predicted molar refractivity (Wildman–Crippen MR) is 99.8 cm³/mol. The summed E-state index contributed by atoms with van der Waals surface area (Å²) in [7, 11) is 0. The van der Waals surface area contributed by atoms with Crippen LogP contribution in [0.25, 0.3) is 10.2 Å². The van der Waals surface area contributed by atoms with Gasteiger partial charge in [0.05, 0.1) is 16.0 Å². The highest BCUT2D eigenvalue weighted by Gasteiger charge is 2.16. The first-order valence-corrected chi connectivity index (χ1v) is 9.42. The second kappa shape index (κ2) is 7.54. The molecule has 1 N–H and O–H groups in total. The van der Waals surface area contributed by atoms with E-state index in [1.807, 2.05) is 42.5 Å². The molecular weight excluding hydrogens is 372 g/mol. The average Bonchev–Trinajstić information content (AvgIpc) is 3.27. The maximum Gasteiger partial charge on any atom is 0.306 e. The van der Waals surface area contributed by atoms with Gasteiger partial charge in [-0.05, 0) is 34.6 Å². The summed E-state index contributed by atoms with van der Waals surface area (Å²) in [5.74, 6) is 0.765. The van der Waals surface area contributed by atoms with Crippen molar-refractivity contribution in [2.24, 2.45) is 0 Å². The number of carbonyl (C=O) groups excluding carboxylic acids is 1. The van der Waals surface area contributed by atoms with Gasteiger partial charge < -0.3 is 10.1 Å². The van der Waals surface area contributed by atoms with E-state index in [4.69, 9.17) is 4.74 Å². The summed E-state index contributed by atoms with van der Waals surface area (Å²) >= 11 is 2.91. The Kier molecular flexibility index (Phi) is 4.80. The second-order valence-electron chi connectivity index (χ2n) is 5.12. The number of thiazole rings is 1. The first-order chi connectivity index (χ1) is 12.8. The lowest BCUT2D eigenvalue weighted by Crippen LogP contribution is -2.14. The molecule has 2 heterocycles. The number of hydrogen-bond donors (Lipinski definition) is 1. The topological polar surface area (TPSA) is 90.1 Å². The summed E-state index contributed by atoms with van der Waals surface area (Å²) in [6.45, 7) is 0. The Bertz CT molecular complexity index is 1000. The van der Waals surface area contributed by atoms with Crippen LogP contribution >= 0.6 is 23.1 Å². The maximum atomic E-state index is 12.2. The Morgan fingerprint density at radius 2 is 1.92 bits per heavy atom. The van der Waals surface area contributed by atoms with Crippen LogP contribution in [-0.4, -0.2) is 27.0 Å². The van der Waals surface area contributed by atoms with E-state index in [0.717, 1.165) is 14.6 Å². The van der Waals surface area contributed by atoms with Crippen molar-refractivity contribution in [3.8, 4) is 11.6 Å². The summed E-state index contributed by atoms with van der Waals surface area (Å²) < 4.78 is 12.1. The van der Waals surface area contributed by atoms with Crippen LogP contribution in [-0.2, 0) is 4.79 Å². The van der Waals surface area contributed by atoms with E-state index in [2.05, 4.69) is 25.2 Å². The third-order valence-electron chi connectivity index (χ3n) is 3.27. The molecule has 0 aliphatic rings. The van der Waals surface area contributed by atoms with Crippen LogP contribution in [0.1, 0.15) is 0 Å². The fourth-order valence-electron chi connectivity index (χ4n) is 2.13. The van der Waals surface area contributed by atoms with E-state index in [-0.39, 0.29) is 23.4 Å². The molecule has 2 aromatic heterocycles. The number of ether oxygens (including phenoxy) is 1. The highest BCUT2D eigenvalue weighted by atomic mass is 32.2. The fourth-order valence-corrected chi connectivity index (χ4v) is 4.00. The lowest BCUT2D eigenvalue weighted by molar-refractivity contribution is -0.113. The van der Waals surface area contributed by atoms with Crippen molar-refractivity contribution in [3.05, 3.63) is 54.6 Å². The van der Waals surface area contributed by atoms with E-state index in [1.165, 1.54) is 11.8 Å². The molecule has 0 fully saturated rings. The molecule has 4 rings (SSSR count). The maximum absolute atomic E-state index is 12.2. The molecule has 0 saturated heterocycles. The van der Waals surface area contributed by atoms with Crippen LogP contribution in [0.4, 0.5) is 5.82 Å². The smallest absolute Gasteiger partial charge is 0.306 e. The van der Waals surface area contributed by atoms with Gasteiger partial charge in [0.25, 0.3) is 0 Å². The molecular formula is C17H12N4O3S2. The zero-order valence-electron chi connectivity index (χ0n) is 13.3. The number of amides is 1. The fraction of sp³-hybridized carbons (Fsp3) is 0.0588. The highest BCUT2D eigenvalue weighted by Crippen LogP contribution is 2.30. The minimum atomic E-state index is -0.247. The van der Waals surface area contributed by atoms with Gasteiger partial charge >= 0.3 is 5.88 Å². The van der Waals surface area contributed by atoms with Crippen LogP contribution in [0, 0.1) is 0 Å². The van der Waals surface area contributed by atoms with E-state index in [0.29, 0.717) is 5.75 Å². The zero-order chi connectivity index (χ0) is 17.8. The number of nitrogens with one attached hydrogen (secondary N) is 1. The third kappa shape index (κ3) is 3.84. The molecule has 0 bridgehead atoms. The Balaban J connectivity index is 1.37. The van der Waals surface area contributed by atoms with Gasteiger partial charge in [-0.15, -0.1) is 11.3 Å². The third-order valence-corrected chi connectivity index (χ3v) is 5.45. The summed E-state index contributed by atoms with van der Waals surface area (Å²) in [4.78, 5) is 16.7. The number of thioether (sulfide) groups is 1. The molecule has 0 atom stereocenters. The second-order valence-corrected chi connectivity index (χ2v) is 7.37. The molecule has 2 aromatic carbocycles. The van der Waals surface area contributed by atoms with Crippen molar-refractivity contribution < 1.29 is 14.2 Å². The first kappa shape index (κ1) is 16.6. The molecule has 0 spiro atoms. The Labute approximate surface area is 156 Å². The van der Waals surface area contributed by atoms with Crippen molar-refractivity contribution in [2.45, 2.75) is 4.34 Å². The van der Waals surface area contributed by atoms with Gasteiger partial charge in [-0.3, -0.25) is 4.79 Å². The molecule has 0 aliphatic carbocycles. The number of hydrogen-bond acceptors (Lipinski definition) is 8. The molecule has 0 unspecified atom stereocenters. The van der Waals surface area contributed by atoms with E-state index in [1.54, 1.807) is 23.5 Å². The van der Waals surface area contributed by atoms with Crippen molar-refractivity contribution >= 4 is 45.0 Å². The number of nitrogens with zero attached hydrogens (tertiary/aromatic N) is 3. The Hall–Kier alpha value is -2.91. The van der Waals surface area contributed by atoms with Crippen LogP contribution in [0.3, 0.4) is 0 Å². The molecule has 4 aromatic rings. The van der Waals surface area contributed by atoms with Gasteiger partial charge in [0, 0.05) is 0 Å². The number of anilines is 1. The Morgan fingerprint density at radius 3 is 2.77 bits per heavy atom. The number of benzene rings is 2. The van der Waals surface area contributed by atoms with Crippen LogP contribution in [0.2, 0.25) is 0 Å². The average molecular weight is 384 g/mol. The monoisotopic (exact) mass is 384 g/mol. The molecule has 0 radical (unpaired) electrons. The predicted octanol–water partition coefficient (Wildman–Crippen LogP) is 4.20. The molecule has 0 aliphatic heterocycles. The number of aromatic nitrogens is 3. The largest absolute Gasteiger partial charge is 0.434 e. The van der Waals surface area contributed by atoms with Crippen LogP contribution in [0.15, 0.2) is 63.6 Å². The number of para-hydroxylation sites is 2. The molecule has 9 heteroatoms. The van der Waals surface area contributed by atoms with Crippen molar-refractivity contribution in [3.63, 3.8) is 0 Å². The summed E-state index contributed by atoms with van der Waals surface area (Å²) in [5, 5.41) is 9.99. The zero-order valence-corrected chi connectivity index (χ0v) is 14.9. The van der Waals surface area contributed by atoms with Gasteiger partial charge in [0.2, 0.25) is 11.7 Å². The van der Waals surface area contributed by atoms with E-state index < -0.39 is 0 Å². The molecule has 7 nitrogen and oxygen atoms in total. The quantitative estimate of drug-likeness (QED) is 0.498. The van der Waals surface area contributed by atoms with Gasteiger partial charge in [-0.1, -0.05) is 42.1 Å². The number of carbonyl (C=O) groups is 1. The van der Waals surface area contributed by atoms with Gasteiger partial charge in [0.1, 0.15) is 5.75 Å². The SMILES string of the molecule is O=C(CSc1nc2ccccc2s1)Nc1nonc1Oc1ccccc1. The van der Waals surface area contributed by atoms with E-state index >= 15 is 0 Å². The van der Waals surface area contributed by atoms with E-state index in [9.17, 15) is 4.79 Å². The summed E-state index contributed by atoms with van der Waals surface area (Å²) in [5.41, 5.74) is 0.930. The molecule has 26 heavy (non-hydrogen) atoms. The lowest BCUT2D eigenvalue weighted by Gasteiger charge is -2.03. The minimum Gasteiger partial charge on any atom is -0.434 e. The van der Waals surface area contributed by atoms with Crippen molar-refractivity contribution in [1.82, 2.24) is 15.3 Å². The first-order valence-electron chi connectivity index (χ1n) is 7.61. The molecule has 0 saturated carbocycles.